The molecule has 0 aromatic carbocycles. The number of ether oxygens (including phenoxy) is 1. The van der Waals surface area contributed by atoms with E-state index in [2.05, 4.69) is 6.92 Å². The average Bonchev–Trinajstić information content (AvgIpc) is 2.27. The number of carbonyl (C=O) groups excluding carboxylic acids is 1. The van der Waals surface area contributed by atoms with E-state index in [1.807, 2.05) is 18.7 Å². The lowest BCUT2D eigenvalue weighted by molar-refractivity contribution is -0.134. The molecule has 0 aliphatic carbocycles. The quantitative estimate of drug-likeness (QED) is 0.682. The molecule has 0 heterocycles. The molecular weight excluding hydrogens is 204 g/mol. The lowest BCUT2D eigenvalue weighted by atomic mass is 10.0. The number of nitrogens with two attached hydrogens (primary N) is 1. The summed E-state index contributed by atoms with van der Waals surface area (Å²) >= 11 is 0. The molecule has 2 N–H and O–H groups in total. The Bertz CT molecular complexity index is 187. The minimum atomic E-state index is -0.395. The first kappa shape index (κ1) is 15.4. The number of carbonyl (C=O) groups is 1. The van der Waals surface area contributed by atoms with Gasteiger partial charge in [-0.2, -0.15) is 0 Å². The summed E-state index contributed by atoms with van der Waals surface area (Å²) in [5.74, 6) is 0.222. The van der Waals surface area contributed by atoms with Crippen LogP contribution in [-0.4, -0.2) is 43.7 Å². The Labute approximate surface area is 99.1 Å². The highest BCUT2D eigenvalue weighted by atomic mass is 16.5. The fraction of sp³-hybridized carbons (Fsp3) is 0.917. The van der Waals surface area contributed by atoms with Crippen molar-refractivity contribution in [2.45, 2.75) is 39.7 Å². The molecule has 1 atom stereocenters. The lowest BCUT2D eigenvalue weighted by Crippen LogP contribution is -2.47. The van der Waals surface area contributed by atoms with Gasteiger partial charge >= 0.3 is 0 Å². The Hall–Kier alpha value is -0.610. The van der Waals surface area contributed by atoms with Crippen LogP contribution in [0.4, 0.5) is 0 Å². The van der Waals surface area contributed by atoms with E-state index in [1.54, 1.807) is 7.11 Å². The van der Waals surface area contributed by atoms with Crippen molar-refractivity contribution in [3.05, 3.63) is 0 Å². The maximum Gasteiger partial charge on any atom is 0.239 e. The highest BCUT2D eigenvalue weighted by Crippen LogP contribution is 2.05. The topological polar surface area (TPSA) is 55.6 Å². The van der Waals surface area contributed by atoms with Crippen LogP contribution in [0.2, 0.25) is 0 Å². The molecule has 0 unspecified atom stereocenters. The Kier molecular flexibility index (Phi) is 8.21. The molecule has 0 aromatic heterocycles. The van der Waals surface area contributed by atoms with Gasteiger partial charge in [-0.05, 0) is 12.3 Å². The Morgan fingerprint density at radius 2 is 2.00 bits per heavy atom. The first-order chi connectivity index (χ1) is 7.54. The number of rotatable bonds is 8. The summed E-state index contributed by atoms with van der Waals surface area (Å²) in [7, 11) is 1.64. The number of amides is 1. The molecule has 0 bridgehead atoms. The van der Waals surface area contributed by atoms with Crippen LogP contribution in [0.1, 0.15) is 33.6 Å². The van der Waals surface area contributed by atoms with Crippen molar-refractivity contribution in [2.75, 3.05) is 26.8 Å². The van der Waals surface area contributed by atoms with Gasteiger partial charge in [-0.1, -0.05) is 27.2 Å². The summed E-state index contributed by atoms with van der Waals surface area (Å²) in [6.45, 7) is 8.03. The summed E-state index contributed by atoms with van der Waals surface area (Å²) in [5, 5.41) is 0. The molecule has 0 saturated heterocycles. The molecule has 0 aliphatic heterocycles. The zero-order chi connectivity index (χ0) is 12.6. The van der Waals surface area contributed by atoms with E-state index in [9.17, 15) is 4.79 Å². The second-order valence-corrected chi connectivity index (χ2v) is 4.44. The molecule has 96 valence electrons. The van der Waals surface area contributed by atoms with Gasteiger partial charge in [0, 0.05) is 20.2 Å². The maximum absolute atomic E-state index is 12.0. The first-order valence-electron chi connectivity index (χ1n) is 6.07. The summed E-state index contributed by atoms with van der Waals surface area (Å²) < 4.78 is 5.01. The van der Waals surface area contributed by atoms with Crippen molar-refractivity contribution in [1.82, 2.24) is 4.90 Å². The van der Waals surface area contributed by atoms with Crippen molar-refractivity contribution in [1.29, 1.82) is 0 Å². The van der Waals surface area contributed by atoms with Gasteiger partial charge in [0.1, 0.15) is 0 Å². The minimum Gasteiger partial charge on any atom is -0.383 e. The largest absolute Gasteiger partial charge is 0.383 e. The monoisotopic (exact) mass is 230 g/mol. The number of hydrogen-bond acceptors (Lipinski definition) is 3. The molecule has 0 fully saturated rings. The van der Waals surface area contributed by atoms with Crippen molar-refractivity contribution in [2.24, 2.45) is 11.7 Å². The van der Waals surface area contributed by atoms with E-state index in [-0.39, 0.29) is 11.8 Å². The summed E-state index contributed by atoms with van der Waals surface area (Å²) in [4.78, 5) is 13.9. The van der Waals surface area contributed by atoms with E-state index >= 15 is 0 Å². The third kappa shape index (κ3) is 5.47. The predicted octanol–water partition coefficient (Wildman–Crippen LogP) is 1.24. The fourth-order valence-corrected chi connectivity index (χ4v) is 1.38. The van der Waals surface area contributed by atoms with E-state index in [0.29, 0.717) is 13.2 Å². The molecule has 0 radical (unpaired) electrons. The number of unbranched alkanes of at least 4 members (excludes halogenated alkanes) is 1. The second-order valence-electron chi connectivity index (χ2n) is 4.44. The lowest BCUT2D eigenvalue weighted by Gasteiger charge is -2.27. The maximum atomic E-state index is 12.0. The standard InChI is InChI=1S/C12H26N2O2/c1-5-6-7-14(8-9-16-4)12(15)11(13)10(2)3/h10-11H,5-9,13H2,1-4H3/t11-/m0/s1. The van der Waals surface area contributed by atoms with Gasteiger partial charge in [-0.25, -0.2) is 0 Å². The normalized spacial score (nSPS) is 12.9. The number of methoxy groups -OCH3 is 1. The molecular formula is C12H26N2O2. The molecule has 16 heavy (non-hydrogen) atoms. The van der Waals surface area contributed by atoms with Crippen molar-refractivity contribution in [3.63, 3.8) is 0 Å². The van der Waals surface area contributed by atoms with Gasteiger partial charge in [0.15, 0.2) is 0 Å². The van der Waals surface area contributed by atoms with Crippen LogP contribution < -0.4 is 5.73 Å². The molecule has 4 heteroatoms. The Balaban J connectivity index is 4.29. The van der Waals surface area contributed by atoms with Gasteiger partial charge in [0.05, 0.1) is 12.6 Å². The third-order valence-electron chi connectivity index (χ3n) is 2.66. The summed E-state index contributed by atoms with van der Waals surface area (Å²) in [5.41, 5.74) is 5.87. The van der Waals surface area contributed by atoms with Crippen molar-refractivity contribution in [3.8, 4) is 0 Å². The molecule has 0 spiro atoms. The molecule has 1 amide bonds. The Morgan fingerprint density at radius 3 is 2.44 bits per heavy atom. The van der Waals surface area contributed by atoms with E-state index in [0.717, 1.165) is 19.4 Å². The van der Waals surface area contributed by atoms with Gasteiger partial charge in [-0.15, -0.1) is 0 Å². The predicted molar refractivity (Wildman–Crippen MR) is 66.2 cm³/mol. The third-order valence-corrected chi connectivity index (χ3v) is 2.66. The molecule has 0 aromatic rings. The van der Waals surface area contributed by atoms with E-state index < -0.39 is 6.04 Å². The summed E-state index contributed by atoms with van der Waals surface area (Å²) in [6.07, 6.45) is 2.09. The van der Waals surface area contributed by atoms with Crippen LogP contribution >= 0.6 is 0 Å². The van der Waals surface area contributed by atoms with Crippen LogP contribution in [0.5, 0.6) is 0 Å². The summed E-state index contributed by atoms with van der Waals surface area (Å²) in [6, 6.07) is -0.395. The zero-order valence-electron chi connectivity index (χ0n) is 11.0. The Morgan fingerprint density at radius 1 is 1.38 bits per heavy atom. The van der Waals surface area contributed by atoms with Crippen LogP contribution in [0.15, 0.2) is 0 Å². The molecule has 0 saturated carbocycles. The van der Waals surface area contributed by atoms with Crippen molar-refractivity contribution >= 4 is 5.91 Å². The highest BCUT2D eigenvalue weighted by molar-refractivity contribution is 5.81. The number of hydrogen-bond donors (Lipinski definition) is 1. The number of nitrogens with zero attached hydrogens (tertiary/aromatic N) is 1. The van der Waals surface area contributed by atoms with Gasteiger partial charge in [0.25, 0.3) is 0 Å². The van der Waals surface area contributed by atoms with E-state index in [4.69, 9.17) is 10.5 Å². The fourth-order valence-electron chi connectivity index (χ4n) is 1.38. The average molecular weight is 230 g/mol. The molecule has 0 rings (SSSR count). The van der Waals surface area contributed by atoms with Gasteiger partial charge in [0.2, 0.25) is 5.91 Å². The SMILES string of the molecule is CCCCN(CCOC)C(=O)[C@@H](N)C(C)C. The smallest absolute Gasteiger partial charge is 0.239 e. The van der Waals surface area contributed by atoms with E-state index in [1.165, 1.54) is 0 Å². The van der Waals surface area contributed by atoms with Gasteiger partial charge < -0.3 is 15.4 Å². The molecule has 0 aliphatic rings. The molecule has 4 nitrogen and oxygen atoms in total. The van der Waals surface area contributed by atoms with Gasteiger partial charge in [-0.3, -0.25) is 4.79 Å². The van der Waals surface area contributed by atoms with Crippen LogP contribution in [0.3, 0.4) is 0 Å². The zero-order valence-corrected chi connectivity index (χ0v) is 11.0. The first-order valence-corrected chi connectivity index (χ1v) is 6.07. The highest BCUT2D eigenvalue weighted by Gasteiger charge is 2.22. The van der Waals surface area contributed by atoms with Crippen LogP contribution in [-0.2, 0) is 9.53 Å². The minimum absolute atomic E-state index is 0.0421. The van der Waals surface area contributed by atoms with Crippen molar-refractivity contribution < 1.29 is 9.53 Å². The second kappa shape index (κ2) is 8.53. The van der Waals surface area contributed by atoms with Crippen LogP contribution in [0, 0.1) is 5.92 Å². The van der Waals surface area contributed by atoms with Crippen LogP contribution in [0.25, 0.3) is 0 Å².